The summed E-state index contributed by atoms with van der Waals surface area (Å²) in [5.74, 6) is 0.667. The predicted octanol–water partition coefficient (Wildman–Crippen LogP) is -1.63. The van der Waals surface area contributed by atoms with Crippen molar-refractivity contribution in [2.24, 2.45) is 0 Å². The molecular formula is C7H8N3NaS2. The minimum absolute atomic E-state index is 0. The van der Waals surface area contributed by atoms with Crippen molar-refractivity contribution in [1.82, 2.24) is 4.98 Å². The van der Waals surface area contributed by atoms with Gasteiger partial charge in [0.15, 0.2) is 5.82 Å². The molecule has 1 rings (SSSR count). The van der Waals surface area contributed by atoms with Crippen molar-refractivity contribution in [3.05, 3.63) is 18.3 Å². The number of pyridine rings is 1. The monoisotopic (exact) mass is 221 g/mol. The molecule has 0 aliphatic heterocycles. The third-order valence-electron chi connectivity index (χ3n) is 1.30. The number of hydrogen-bond acceptors (Lipinski definition) is 4. The average molecular weight is 221 g/mol. The van der Waals surface area contributed by atoms with Gasteiger partial charge in [0.05, 0.1) is 5.69 Å². The van der Waals surface area contributed by atoms with Crippen LogP contribution in [0.3, 0.4) is 0 Å². The SMILES string of the molecule is CNc1cccnc1NC(=S)[S-].[Na+]. The van der Waals surface area contributed by atoms with Crippen LogP contribution in [-0.4, -0.2) is 16.4 Å². The first-order valence-electron chi connectivity index (χ1n) is 3.35. The molecule has 1 heterocycles. The molecule has 1 aromatic heterocycles. The van der Waals surface area contributed by atoms with Gasteiger partial charge >= 0.3 is 29.6 Å². The standard InChI is InChI=1S/C7H9N3S2.Na/c1-8-5-3-2-4-9-6(5)10-7(11)12;/h2-4,8H,1H3,(H2,9,10,11,12);/q;+1/p-1. The second kappa shape index (κ2) is 6.50. The minimum atomic E-state index is 0. The molecule has 0 bridgehead atoms. The fourth-order valence-electron chi connectivity index (χ4n) is 0.803. The molecular weight excluding hydrogens is 213 g/mol. The van der Waals surface area contributed by atoms with Crippen LogP contribution < -0.4 is 40.2 Å². The van der Waals surface area contributed by atoms with E-state index in [1.165, 1.54) is 0 Å². The van der Waals surface area contributed by atoms with Crippen LogP contribution in [0, 0.1) is 0 Å². The second-order valence-electron chi connectivity index (χ2n) is 2.06. The molecule has 0 saturated heterocycles. The number of nitrogens with zero attached hydrogens (tertiary/aromatic N) is 1. The Kier molecular flexibility index (Phi) is 6.53. The molecule has 0 unspecified atom stereocenters. The van der Waals surface area contributed by atoms with Gasteiger partial charge in [-0.25, -0.2) is 4.98 Å². The molecule has 0 spiro atoms. The van der Waals surface area contributed by atoms with E-state index in [-0.39, 0.29) is 29.6 Å². The quantitative estimate of drug-likeness (QED) is 0.356. The van der Waals surface area contributed by atoms with Crippen LogP contribution in [0.1, 0.15) is 0 Å². The fourth-order valence-corrected chi connectivity index (χ4v) is 0.997. The summed E-state index contributed by atoms with van der Waals surface area (Å²) >= 11 is 9.44. The summed E-state index contributed by atoms with van der Waals surface area (Å²) in [7, 11) is 1.81. The largest absolute Gasteiger partial charge is 1.00 e. The number of rotatable bonds is 2. The molecule has 13 heavy (non-hydrogen) atoms. The molecule has 0 amide bonds. The van der Waals surface area contributed by atoms with Gasteiger partial charge in [0.1, 0.15) is 0 Å². The Labute approximate surface area is 110 Å². The summed E-state index contributed by atoms with van der Waals surface area (Å²) in [5, 5.41) is 5.77. The first kappa shape index (κ1) is 13.1. The van der Waals surface area contributed by atoms with Crippen LogP contribution in [0.2, 0.25) is 0 Å². The van der Waals surface area contributed by atoms with Crippen LogP contribution in [0.5, 0.6) is 0 Å². The van der Waals surface area contributed by atoms with E-state index in [0.29, 0.717) is 10.1 Å². The van der Waals surface area contributed by atoms with E-state index in [4.69, 9.17) is 24.8 Å². The molecule has 1 aromatic rings. The van der Waals surface area contributed by atoms with Crippen molar-refractivity contribution in [3.63, 3.8) is 0 Å². The van der Waals surface area contributed by atoms with Gasteiger partial charge in [-0.1, -0.05) is 4.32 Å². The molecule has 0 aliphatic rings. The Morgan fingerprint density at radius 2 is 2.31 bits per heavy atom. The van der Waals surface area contributed by atoms with Gasteiger partial charge in [0.2, 0.25) is 0 Å². The Morgan fingerprint density at radius 3 is 2.85 bits per heavy atom. The van der Waals surface area contributed by atoms with Crippen molar-refractivity contribution >= 4 is 40.7 Å². The van der Waals surface area contributed by atoms with Gasteiger partial charge in [-0.15, -0.1) is 0 Å². The van der Waals surface area contributed by atoms with E-state index in [2.05, 4.69) is 15.6 Å². The van der Waals surface area contributed by atoms with Crippen LogP contribution >= 0.6 is 12.2 Å². The maximum absolute atomic E-state index is 4.72. The van der Waals surface area contributed by atoms with Crippen molar-refractivity contribution < 1.29 is 29.6 Å². The number of hydrogen-bond donors (Lipinski definition) is 2. The average Bonchev–Trinajstić information content (AvgIpc) is 2.04. The van der Waals surface area contributed by atoms with E-state index in [9.17, 15) is 0 Å². The molecule has 0 saturated carbocycles. The molecule has 3 nitrogen and oxygen atoms in total. The fraction of sp³-hybridized carbons (Fsp3) is 0.143. The zero-order valence-corrected chi connectivity index (χ0v) is 11.1. The Balaban J connectivity index is 0.00000144. The third-order valence-corrected chi connectivity index (χ3v) is 1.50. The van der Waals surface area contributed by atoms with E-state index >= 15 is 0 Å². The molecule has 0 radical (unpaired) electrons. The van der Waals surface area contributed by atoms with Crippen molar-refractivity contribution in [1.29, 1.82) is 0 Å². The van der Waals surface area contributed by atoms with Crippen LogP contribution in [0.15, 0.2) is 18.3 Å². The second-order valence-corrected chi connectivity index (χ2v) is 3.14. The van der Waals surface area contributed by atoms with Crippen molar-refractivity contribution in [2.45, 2.75) is 0 Å². The summed E-state index contributed by atoms with van der Waals surface area (Å²) in [6.45, 7) is 0. The minimum Gasteiger partial charge on any atom is -0.411 e. The van der Waals surface area contributed by atoms with E-state index < -0.39 is 0 Å². The van der Waals surface area contributed by atoms with Crippen LogP contribution in [-0.2, 0) is 12.6 Å². The topological polar surface area (TPSA) is 37.0 Å². The normalized spacial score (nSPS) is 8.38. The van der Waals surface area contributed by atoms with Crippen molar-refractivity contribution in [3.8, 4) is 0 Å². The zero-order valence-electron chi connectivity index (χ0n) is 7.50. The number of thiocarbonyl (C=S) groups is 1. The number of anilines is 2. The maximum Gasteiger partial charge on any atom is 1.00 e. The Morgan fingerprint density at radius 1 is 1.62 bits per heavy atom. The Bertz CT molecular complexity index is 293. The van der Waals surface area contributed by atoms with Crippen LogP contribution in [0.25, 0.3) is 0 Å². The first-order chi connectivity index (χ1) is 5.74. The Hall–Kier alpha value is 0.0600. The predicted molar refractivity (Wildman–Crippen MR) is 57.4 cm³/mol. The third kappa shape index (κ3) is 4.19. The van der Waals surface area contributed by atoms with Crippen LogP contribution in [0.4, 0.5) is 11.5 Å². The summed E-state index contributed by atoms with van der Waals surface area (Å²) in [5.41, 5.74) is 0.879. The van der Waals surface area contributed by atoms with Crippen molar-refractivity contribution in [2.75, 3.05) is 17.7 Å². The smallest absolute Gasteiger partial charge is 0.411 e. The maximum atomic E-state index is 4.72. The summed E-state index contributed by atoms with van der Waals surface area (Å²) in [4.78, 5) is 4.06. The molecule has 0 aromatic carbocycles. The number of nitrogens with one attached hydrogen (secondary N) is 2. The van der Waals surface area contributed by atoms with Gasteiger partial charge in [-0.05, 0) is 12.1 Å². The molecule has 6 heteroatoms. The van der Waals surface area contributed by atoms with Gasteiger partial charge in [-0.3, -0.25) is 0 Å². The molecule has 64 valence electrons. The molecule has 0 aliphatic carbocycles. The van der Waals surface area contributed by atoms with Gasteiger partial charge in [0, 0.05) is 13.2 Å². The van der Waals surface area contributed by atoms with E-state index in [1.807, 2.05) is 19.2 Å². The zero-order chi connectivity index (χ0) is 8.97. The first-order valence-corrected chi connectivity index (χ1v) is 4.16. The molecule has 0 atom stereocenters. The molecule has 2 N–H and O–H groups in total. The van der Waals surface area contributed by atoms with E-state index in [0.717, 1.165) is 5.69 Å². The summed E-state index contributed by atoms with van der Waals surface area (Å²) < 4.78 is 0.296. The van der Waals surface area contributed by atoms with E-state index in [1.54, 1.807) is 6.20 Å². The van der Waals surface area contributed by atoms with Gasteiger partial charge in [0.25, 0.3) is 0 Å². The molecule has 0 fully saturated rings. The number of aromatic nitrogens is 1. The van der Waals surface area contributed by atoms with Gasteiger partial charge < -0.3 is 35.5 Å². The van der Waals surface area contributed by atoms with Gasteiger partial charge in [-0.2, -0.15) is 0 Å². The summed E-state index contributed by atoms with van der Waals surface area (Å²) in [6, 6.07) is 3.73. The summed E-state index contributed by atoms with van der Waals surface area (Å²) in [6.07, 6.45) is 1.68.